The standard InChI is InChI=1S/C14H21N5O/c1-11-8-17-12(9-16-11)10-18-5-2-13(3-6-18)19-7-4-15-14(19)20/h8-9,13H,2-7,10H2,1H3,(H,15,20). The molecule has 0 radical (unpaired) electrons. The number of piperidine rings is 1. The van der Waals surface area contributed by atoms with E-state index in [0.717, 1.165) is 57.0 Å². The van der Waals surface area contributed by atoms with Gasteiger partial charge in [0.25, 0.3) is 0 Å². The average Bonchev–Trinajstić information content (AvgIpc) is 2.89. The molecule has 2 saturated heterocycles. The highest BCUT2D eigenvalue weighted by molar-refractivity contribution is 5.76. The number of likely N-dealkylation sites (tertiary alicyclic amines) is 1. The Morgan fingerprint density at radius 2 is 2.05 bits per heavy atom. The van der Waals surface area contributed by atoms with E-state index in [-0.39, 0.29) is 6.03 Å². The van der Waals surface area contributed by atoms with Crippen molar-refractivity contribution in [3.63, 3.8) is 0 Å². The van der Waals surface area contributed by atoms with Crippen LogP contribution in [0.2, 0.25) is 0 Å². The van der Waals surface area contributed by atoms with Crippen LogP contribution in [0.25, 0.3) is 0 Å². The van der Waals surface area contributed by atoms with Gasteiger partial charge < -0.3 is 10.2 Å². The van der Waals surface area contributed by atoms with E-state index in [2.05, 4.69) is 20.2 Å². The monoisotopic (exact) mass is 275 g/mol. The summed E-state index contributed by atoms with van der Waals surface area (Å²) in [6.45, 7) is 6.48. The van der Waals surface area contributed by atoms with Gasteiger partial charge in [0.1, 0.15) is 0 Å². The molecule has 1 aromatic rings. The molecule has 0 saturated carbocycles. The van der Waals surface area contributed by atoms with Gasteiger partial charge in [-0.1, -0.05) is 0 Å². The van der Waals surface area contributed by atoms with Gasteiger partial charge in [-0.3, -0.25) is 14.9 Å². The van der Waals surface area contributed by atoms with Gasteiger partial charge in [0.15, 0.2) is 0 Å². The summed E-state index contributed by atoms with van der Waals surface area (Å²) in [6, 6.07) is 0.505. The van der Waals surface area contributed by atoms with Crippen molar-refractivity contribution < 1.29 is 4.79 Å². The Labute approximate surface area is 119 Å². The van der Waals surface area contributed by atoms with Crippen molar-refractivity contribution in [1.82, 2.24) is 25.1 Å². The lowest BCUT2D eigenvalue weighted by molar-refractivity contribution is 0.131. The molecule has 0 aromatic carbocycles. The third kappa shape index (κ3) is 2.90. The third-order valence-corrected chi connectivity index (χ3v) is 4.11. The number of aryl methyl sites for hydroxylation is 1. The van der Waals surface area contributed by atoms with Crippen LogP contribution in [0.5, 0.6) is 0 Å². The SMILES string of the molecule is Cc1cnc(CN2CCC(N3CCNC3=O)CC2)cn1. The van der Waals surface area contributed by atoms with E-state index in [1.807, 2.05) is 24.2 Å². The Morgan fingerprint density at radius 3 is 2.65 bits per heavy atom. The minimum atomic E-state index is 0.104. The molecule has 20 heavy (non-hydrogen) atoms. The maximum absolute atomic E-state index is 11.7. The lowest BCUT2D eigenvalue weighted by Gasteiger charge is -2.35. The Kier molecular flexibility index (Phi) is 3.82. The molecule has 6 nitrogen and oxygen atoms in total. The molecular weight excluding hydrogens is 254 g/mol. The van der Waals surface area contributed by atoms with E-state index in [0.29, 0.717) is 6.04 Å². The van der Waals surface area contributed by atoms with Gasteiger partial charge in [-0.05, 0) is 19.8 Å². The van der Waals surface area contributed by atoms with Gasteiger partial charge in [0.05, 0.1) is 11.4 Å². The Hall–Kier alpha value is -1.69. The Bertz CT molecular complexity index is 467. The predicted octanol–water partition coefficient (Wildman–Crippen LogP) is 0.775. The summed E-state index contributed by atoms with van der Waals surface area (Å²) in [7, 11) is 0. The fraction of sp³-hybridized carbons (Fsp3) is 0.643. The number of carbonyl (C=O) groups is 1. The van der Waals surface area contributed by atoms with Crippen molar-refractivity contribution in [3.05, 3.63) is 23.8 Å². The molecule has 0 spiro atoms. The van der Waals surface area contributed by atoms with Gasteiger partial charge >= 0.3 is 6.03 Å². The van der Waals surface area contributed by atoms with E-state index in [9.17, 15) is 4.79 Å². The summed E-state index contributed by atoms with van der Waals surface area (Å²) < 4.78 is 0. The molecule has 0 unspecified atom stereocenters. The number of hydrogen-bond acceptors (Lipinski definition) is 4. The molecule has 2 amide bonds. The second-order valence-corrected chi connectivity index (χ2v) is 5.58. The maximum atomic E-state index is 11.7. The van der Waals surface area contributed by atoms with Crippen molar-refractivity contribution in [1.29, 1.82) is 0 Å². The number of nitrogens with zero attached hydrogens (tertiary/aromatic N) is 4. The number of amides is 2. The van der Waals surface area contributed by atoms with E-state index < -0.39 is 0 Å². The summed E-state index contributed by atoms with van der Waals surface area (Å²) in [6.07, 6.45) is 5.77. The Morgan fingerprint density at radius 1 is 1.25 bits per heavy atom. The fourth-order valence-electron chi connectivity index (χ4n) is 2.95. The van der Waals surface area contributed by atoms with Crippen LogP contribution in [-0.4, -0.2) is 58.0 Å². The number of aromatic nitrogens is 2. The van der Waals surface area contributed by atoms with Crippen LogP contribution in [-0.2, 0) is 6.54 Å². The highest BCUT2D eigenvalue weighted by atomic mass is 16.2. The smallest absolute Gasteiger partial charge is 0.317 e. The van der Waals surface area contributed by atoms with Crippen molar-refractivity contribution in [3.8, 4) is 0 Å². The first-order valence-corrected chi connectivity index (χ1v) is 7.27. The van der Waals surface area contributed by atoms with Gasteiger partial charge in [-0.15, -0.1) is 0 Å². The second-order valence-electron chi connectivity index (χ2n) is 5.58. The molecule has 1 aromatic heterocycles. The highest BCUT2D eigenvalue weighted by Crippen LogP contribution is 2.19. The minimum Gasteiger partial charge on any atom is -0.336 e. The van der Waals surface area contributed by atoms with Crippen LogP contribution >= 0.6 is 0 Å². The first-order chi connectivity index (χ1) is 9.72. The topological polar surface area (TPSA) is 61.4 Å². The summed E-state index contributed by atoms with van der Waals surface area (Å²) in [5.41, 5.74) is 1.97. The maximum Gasteiger partial charge on any atom is 0.317 e. The highest BCUT2D eigenvalue weighted by Gasteiger charge is 2.30. The van der Waals surface area contributed by atoms with Gasteiger partial charge in [-0.25, -0.2) is 4.79 Å². The van der Waals surface area contributed by atoms with Crippen LogP contribution in [0, 0.1) is 6.92 Å². The molecule has 108 valence electrons. The molecule has 2 aliphatic rings. The molecular formula is C14H21N5O. The number of nitrogens with one attached hydrogen (secondary N) is 1. The third-order valence-electron chi connectivity index (χ3n) is 4.11. The van der Waals surface area contributed by atoms with E-state index in [1.165, 1.54) is 0 Å². The zero-order valence-electron chi connectivity index (χ0n) is 11.9. The largest absolute Gasteiger partial charge is 0.336 e. The average molecular weight is 275 g/mol. The van der Waals surface area contributed by atoms with Crippen molar-refractivity contribution >= 4 is 6.03 Å². The molecule has 2 fully saturated rings. The first-order valence-electron chi connectivity index (χ1n) is 7.27. The van der Waals surface area contributed by atoms with Gasteiger partial charge in [0, 0.05) is 51.2 Å². The molecule has 2 aliphatic heterocycles. The number of urea groups is 1. The van der Waals surface area contributed by atoms with E-state index in [1.54, 1.807) is 0 Å². The summed E-state index contributed by atoms with van der Waals surface area (Å²) >= 11 is 0. The number of hydrogen-bond donors (Lipinski definition) is 1. The number of carbonyl (C=O) groups excluding carboxylic acids is 1. The van der Waals surface area contributed by atoms with Gasteiger partial charge in [0.2, 0.25) is 0 Å². The molecule has 3 heterocycles. The summed E-state index contributed by atoms with van der Waals surface area (Å²) in [4.78, 5) is 24.7. The van der Waals surface area contributed by atoms with Gasteiger partial charge in [-0.2, -0.15) is 0 Å². The lowest BCUT2D eigenvalue weighted by Crippen LogP contribution is -2.45. The van der Waals surface area contributed by atoms with E-state index >= 15 is 0 Å². The molecule has 0 aliphatic carbocycles. The van der Waals surface area contributed by atoms with E-state index in [4.69, 9.17) is 0 Å². The second kappa shape index (κ2) is 5.75. The first kappa shape index (κ1) is 13.3. The minimum absolute atomic E-state index is 0.104. The van der Waals surface area contributed by atoms with Crippen LogP contribution in [0.4, 0.5) is 4.79 Å². The zero-order valence-corrected chi connectivity index (χ0v) is 11.9. The molecule has 6 heteroatoms. The van der Waals surface area contributed by atoms with Crippen LogP contribution < -0.4 is 5.32 Å². The lowest BCUT2D eigenvalue weighted by atomic mass is 10.0. The van der Waals surface area contributed by atoms with Crippen LogP contribution in [0.15, 0.2) is 12.4 Å². The van der Waals surface area contributed by atoms with Crippen molar-refractivity contribution in [2.45, 2.75) is 32.4 Å². The molecule has 0 bridgehead atoms. The van der Waals surface area contributed by atoms with Crippen molar-refractivity contribution in [2.75, 3.05) is 26.2 Å². The van der Waals surface area contributed by atoms with Crippen LogP contribution in [0.3, 0.4) is 0 Å². The zero-order chi connectivity index (χ0) is 13.9. The normalized spacial score (nSPS) is 21.2. The number of rotatable bonds is 3. The Balaban J connectivity index is 1.51. The van der Waals surface area contributed by atoms with Crippen molar-refractivity contribution in [2.24, 2.45) is 0 Å². The fourth-order valence-corrected chi connectivity index (χ4v) is 2.95. The summed E-state index contributed by atoms with van der Waals surface area (Å²) in [5, 5.41) is 2.88. The molecule has 3 rings (SSSR count). The molecule has 1 N–H and O–H groups in total. The predicted molar refractivity (Wildman–Crippen MR) is 75.2 cm³/mol. The van der Waals surface area contributed by atoms with Crippen LogP contribution in [0.1, 0.15) is 24.2 Å². The quantitative estimate of drug-likeness (QED) is 0.885. The molecule has 0 atom stereocenters. The summed E-state index contributed by atoms with van der Waals surface area (Å²) in [5.74, 6) is 0.